The van der Waals surface area contributed by atoms with Gasteiger partial charge in [0.25, 0.3) is 5.91 Å². The number of halogens is 1. The molecule has 0 aliphatic heterocycles. The Morgan fingerprint density at radius 1 is 1.45 bits per heavy atom. The molecule has 0 saturated heterocycles. The van der Waals surface area contributed by atoms with E-state index in [1.807, 2.05) is 36.7 Å². The molecule has 1 N–H and O–H groups in total. The van der Waals surface area contributed by atoms with E-state index in [-0.39, 0.29) is 5.91 Å². The highest BCUT2D eigenvalue weighted by Crippen LogP contribution is 2.38. The zero-order valence-corrected chi connectivity index (χ0v) is 12.6. The highest BCUT2D eigenvalue weighted by Gasteiger charge is 2.27. The predicted molar refractivity (Wildman–Crippen MR) is 80.7 cm³/mol. The molecule has 1 aliphatic carbocycles. The van der Waals surface area contributed by atoms with Crippen LogP contribution >= 0.6 is 15.9 Å². The van der Waals surface area contributed by atoms with Gasteiger partial charge in [-0.15, -0.1) is 0 Å². The van der Waals surface area contributed by atoms with Crippen molar-refractivity contribution in [1.29, 1.82) is 0 Å². The number of carbonyl (C=O) groups excluding carboxylic acids is 1. The number of hydrogen-bond acceptors (Lipinski definition) is 2. The average molecular weight is 334 g/mol. The molecular formula is C15H16BrN3O. The van der Waals surface area contributed by atoms with Crippen molar-refractivity contribution in [2.75, 3.05) is 6.54 Å². The van der Waals surface area contributed by atoms with Crippen LogP contribution in [0.25, 0.3) is 0 Å². The molecule has 1 aromatic carbocycles. The highest BCUT2D eigenvalue weighted by molar-refractivity contribution is 9.10. The molecule has 1 aliphatic rings. The minimum atomic E-state index is -0.0422. The minimum Gasteiger partial charge on any atom is -0.350 e. The van der Waals surface area contributed by atoms with Crippen LogP contribution < -0.4 is 5.32 Å². The maximum Gasteiger partial charge on any atom is 0.251 e. The molecule has 4 nitrogen and oxygen atoms in total. The Balaban J connectivity index is 1.54. The topological polar surface area (TPSA) is 46.9 Å². The molecule has 20 heavy (non-hydrogen) atoms. The summed E-state index contributed by atoms with van der Waals surface area (Å²) in [4.78, 5) is 16.4. The summed E-state index contributed by atoms with van der Waals surface area (Å²) >= 11 is 3.37. The lowest BCUT2D eigenvalue weighted by Gasteiger charge is -2.09. The molecule has 0 unspecified atom stereocenters. The van der Waals surface area contributed by atoms with E-state index in [1.165, 1.54) is 12.8 Å². The van der Waals surface area contributed by atoms with Gasteiger partial charge < -0.3 is 9.88 Å². The molecule has 2 aromatic rings. The summed E-state index contributed by atoms with van der Waals surface area (Å²) in [7, 11) is 0. The maximum absolute atomic E-state index is 12.0. The van der Waals surface area contributed by atoms with Crippen molar-refractivity contribution in [3.05, 3.63) is 52.5 Å². The van der Waals surface area contributed by atoms with E-state index >= 15 is 0 Å². The third kappa shape index (κ3) is 3.10. The van der Waals surface area contributed by atoms with E-state index in [0.717, 1.165) is 16.8 Å². The van der Waals surface area contributed by atoms with Crippen LogP contribution in [0.3, 0.4) is 0 Å². The molecule has 1 amide bonds. The van der Waals surface area contributed by atoms with Crippen molar-refractivity contribution in [3.8, 4) is 0 Å². The molecule has 5 heteroatoms. The van der Waals surface area contributed by atoms with Crippen molar-refractivity contribution < 1.29 is 4.79 Å². The normalized spacial score (nSPS) is 14.2. The maximum atomic E-state index is 12.0. The van der Waals surface area contributed by atoms with E-state index in [2.05, 4.69) is 30.8 Å². The Morgan fingerprint density at radius 3 is 3.05 bits per heavy atom. The van der Waals surface area contributed by atoms with Gasteiger partial charge in [0.05, 0.1) is 0 Å². The summed E-state index contributed by atoms with van der Waals surface area (Å²) in [6.07, 6.45) is 6.30. The lowest BCUT2D eigenvalue weighted by molar-refractivity contribution is 0.0952. The molecule has 1 heterocycles. The third-order valence-corrected chi connectivity index (χ3v) is 3.91. The molecule has 0 bridgehead atoms. The van der Waals surface area contributed by atoms with Crippen LogP contribution in [0, 0.1) is 0 Å². The average Bonchev–Trinajstić information content (AvgIpc) is 3.18. The van der Waals surface area contributed by atoms with Gasteiger partial charge in [0.15, 0.2) is 0 Å². The first kappa shape index (κ1) is 13.4. The van der Waals surface area contributed by atoms with Crippen LogP contribution in [0.4, 0.5) is 0 Å². The van der Waals surface area contributed by atoms with Gasteiger partial charge in [0, 0.05) is 41.4 Å². The fourth-order valence-corrected chi connectivity index (χ4v) is 2.63. The standard InChI is InChI=1S/C15H16BrN3O/c16-13-3-1-2-12(10-13)15(20)18-7-9-19-8-6-17-14(19)11-4-5-11/h1-3,6,8,10-11H,4-5,7,9H2,(H,18,20). The van der Waals surface area contributed by atoms with Gasteiger partial charge >= 0.3 is 0 Å². The number of nitrogens with one attached hydrogen (secondary N) is 1. The van der Waals surface area contributed by atoms with Gasteiger partial charge in [-0.3, -0.25) is 4.79 Å². The van der Waals surface area contributed by atoms with Crippen molar-refractivity contribution in [3.63, 3.8) is 0 Å². The fourth-order valence-electron chi connectivity index (χ4n) is 2.23. The van der Waals surface area contributed by atoms with Gasteiger partial charge in [-0.25, -0.2) is 4.98 Å². The van der Waals surface area contributed by atoms with Crippen LogP contribution in [0.5, 0.6) is 0 Å². The van der Waals surface area contributed by atoms with Crippen LogP contribution in [0.1, 0.15) is 34.9 Å². The van der Waals surface area contributed by atoms with E-state index in [0.29, 0.717) is 18.0 Å². The number of nitrogens with zero attached hydrogens (tertiary/aromatic N) is 2. The lowest BCUT2D eigenvalue weighted by Crippen LogP contribution is -2.27. The molecule has 3 rings (SSSR count). The minimum absolute atomic E-state index is 0.0422. The molecule has 0 atom stereocenters. The number of imidazole rings is 1. The van der Waals surface area contributed by atoms with E-state index in [9.17, 15) is 4.79 Å². The Hall–Kier alpha value is -1.62. The Morgan fingerprint density at radius 2 is 2.30 bits per heavy atom. The van der Waals surface area contributed by atoms with Gasteiger partial charge in [0.2, 0.25) is 0 Å². The summed E-state index contributed by atoms with van der Waals surface area (Å²) in [5.41, 5.74) is 0.674. The van der Waals surface area contributed by atoms with E-state index in [1.54, 1.807) is 0 Å². The summed E-state index contributed by atoms with van der Waals surface area (Å²) < 4.78 is 3.05. The predicted octanol–water partition coefficient (Wildman–Crippen LogP) is 2.95. The zero-order chi connectivity index (χ0) is 13.9. The lowest BCUT2D eigenvalue weighted by atomic mass is 10.2. The first-order valence-electron chi connectivity index (χ1n) is 6.79. The van der Waals surface area contributed by atoms with Crippen molar-refractivity contribution >= 4 is 21.8 Å². The monoisotopic (exact) mass is 333 g/mol. The second-order valence-electron chi connectivity index (χ2n) is 5.02. The molecular weight excluding hydrogens is 318 g/mol. The summed E-state index contributed by atoms with van der Waals surface area (Å²) in [5.74, 6) is 1.74. The molecule has 1 saturated carbocycles. The van der Waals surface area contributed by atoms with Gasteiger partial charge in [-0.2, -0.15) is 0 Å². The van der Waals surface area contributed by atoms with Gasteiger partial charge in [0.1, 0.15) is 5.82 Å². The molecule has 1 fully saturated rings. The van der Waals surface area contributed by atoms with E-state index in [4.69, 9.17) is 0 Å². The van der Waals surface area contributed by atoms with Crippen molar-refractivity contribution in [1.82, 2.24) is 14.9 Å². The van der Waals surface area contributed by atoms with Crippen LogP contribution in [0.15, 0.2) is 41.1 Å². The van der Waals surface area contributed by atoms with Crippen LogP contribution in [-0.2, 0) is 6.54 Å². The summed E-state index contributed by atoms with van der Waals surface area (Å²) in [6, 6.07) is 7.40. The largest absolute Gasteiger partial charge is 0.350 e. The Bertz CT molecular complexity index is 619. The Labute approximate surface area is 126 Å². The fraction of sp³-hybridized carbons (Fsp3) is 0.333. The quantitative estimate of drug-likeness (QED) is 0.914. The number of hydrogen-bond donors (Lipinski definition) is 1. The highest BCUT2D eigenvalue weighted by atomic mass is 79.9. The van der Waals surface area contributed by atoms with Crippen LogP contribution in [0.2, 0.25) is 0 Å². The number of rotatable bonds is 5. The number of benzene rings is 1. The van der Waals surface area contributed by atoms with E-state index < -0.39 is 0 Å². The second-order valence-corrected chi connectivity index (χ2v) is 5.94. The third-order valence-electron chi connectivity index (χ3n) is 3.42. The summed E-state index contributed by atoms with van der Waals surface area (Å²) in [6.45, 7) is 1.38. The zero-order valence-electron chi connectivity index (χ0n) is 11.1. The first-order valence-corrected chi connectivity index (χ1v) is 7.58. The molecule has 0 radical (unpaired) electrons. The molecule has 1 aromatic heterocycles. The first-order chi connectivity index (χ1) is 9.74. The van der Waals surface area contributed by atoms with Crippen LogP contribution in [-0.4, -0.2) is 22.0 Å². The smallest absolute Gasteiger partial charge is 0.251 e. The Kier molecular flexibility index (Phi) is 3.87. The summed E-state index contributed by atoms with van der Waals surface area (Å²) in [5, 5.41) is 2.94. The van der Waals surface area contributed by atoms with Crippen molar-refractivity contribution in [2.45, 2.75) is 25.3 Å². The van der Waals surface area contributed by atoms with Crippen molar-refractivity contribution in [2.24, 2.45) is 0 Å². The second kappa shape index (κ2) is 5.79. The SMILES string of the molecule is O=C(NCCn1ccnc1C1CC1)c1cccc(Br)c1. The number of amides is 1. The van der Waals surface area contributed by atoms with Gasteiger partial charge in [-0.05, 0) is 31.0 Å². The number of aromatic nitrogens is 2. The van der Waals surface area contributed by atoms with Gasteiger partial charge in [-0.1, -0.05) is 22.0 Å². The molecule has 104 valence electrons. The number of carbonyl (C=O) groups is 1. The molecule has 0 spiro atoms.